The van der Waals surface area contributed by atoms with Gasteiger partial charge < -0.3 is 11.1 Å². The van der Waals surface area contributed by atoms with Gasteiger partial charge in [0.05, 0.1) is 5.25 Å². The summed E-state index contributed by atoms with van der Waals surface area (Å²) in [6.07, 6.45) is 0. The topological polar surface area (TPSA) is 110 Å². The minimum atomic E-state index is -0.510. The van der Waals surface area contributed by atoms with E-state index in [1.165, 1.54) is 0 Å². The van der Waals surface area contributed by atoms with Gasteiger partial charge in [0, 0.05) is 18.3 Å². The minimum Gasteiger partial charge on any atom is -0.384 e. The molecule has 0 aromatic carbocycles. The van der Waals surface area contributed by atoms with Gasteiger partial charge in [-0.15, -0.1) is 0 Å². The Balaban J connectivity index is 2.60. The van der Waals surface area contributed by atoms with Crippen LogP contribution in [0.15, 0.2) is 11.2 Å². The first-order valence-electron chi connectivity index (χ1n) is 5.79. The third kappa shape index (κ3) is 5.12. The lowest BCUT2D eigenvalue weighted by atomic mass is 10.4. The van der Waals surface area contributed by atoms with E-state index < -0.39 is 17.2 Å². The molecule has 104 valence electrons. The molecule has 0 radical (unpaired) electrons. The maximum atomic E-state index is 11.7. The highest BCUT2D eigenvalue weighted by Gasteiger charge is 2.18. The van der Waals surface area contributed by atoms with E-state index in [1.807, 2.05) is 0 Å². The van der Waals surface area contributed by atoms with Gasteiger partial charge in [0.25, 0.3) is 0 Å². The summed E-state index contributed by atoms with van der Waals surface area (Å²) >= 11 is 1.15. The Bertz CT molecular complexity index is 460. The van der Waals surface area contributed by atoms with Crippen LogP contribution in [0.5, 0.6) is 0 Å². The molecule has 4 N–H and O–H groups in total. The lowest BCUT2D eigenvalue weighted by molar-refractivity contribution is -0.119. The van der Waals surface area contributed by atoms with E-state index in [0.29, 0.717) is 17.5 Å². The van der Waals surface area contributed by atoms with E-state index >= 15 is 0 Å². The molecule has 0 saturated carbocycles. The van der Waals surface area contributed by atoms with Gasteiger partial charge in [-0.2, -0.15) is 0 Å². The van der Waals surface area contributed by atoms with Gasteiger partial charge in [-0.25, -0.2) is 14.8 Å². The monoisotopic (exact) mass is 283 g/mol. The SMILES string of the molecule is CCNC(=O)NC(=O)C(C)Sc1nc(C)cc(N)n1. The predicted molar refractivity (Wildman–Crippen MR) is 73.7 cm³/mol. The number of nitrogen functional groups attached to an aromatic ring is 1. The van der Waals surface area contributed by atoms with Crippen LogP contribution < -0.4 is 16.4 Å². The fourth-order valence-electron chi connectivity index (χ4n) is 1.25. The van der Waals surface area contributed by atoms with Gasteiger partial charge in [0.1, 0.15) is 5.82 Å². The number of imide groups is 1. The first-order valence-corrected chi connectivity index (χ1v) is 6.66. The Hall–Kier alpha value is -1.83. The van der Waals surface area contributed by atoms with Crippen molar-refractivity contribution in [1.29, 1.82) is 0 Å². The number of nitrogens with two attached hydrogens (primary N) is 1. The molecule has 1 unspecified atom stereocenters. The Morgan fingerprint density at radius 3 is 2.74 bits per heavy atom. The highest BCUT2D eigenvalue weighted by molar-refractivity contribution is 8.00. The van der Waals surface area contributed by atoms with Crippen molar-refractivity contribution in [3.63, 3.8) is 0 Å². The van der Waals surface area contributed by atoms with Crippen LogP contribution in [-0.2, 0) is 4.79 Å². The summed E-state index contributed by atoms with van der Waals surface area (Å²) < 4.78 is 0. The first kappa shape index (κ1) is 15.2. The zero-order valence-corrected chi connectivity index (χ0v) is 11.9. The van der Waals surface area contributed by atoms with E-state index in [4.69, 9.17) is 5.73 Å². The summed E-state index contributed by atoms with van der Waals surface area (Å²) in [4.78, 5) is 31.1. The van der Waals surface area contributed by atoms with Crippen LogP contribution in [0.4, 0.5) is 10.6 Å². The number of hydrogen-bond donors (Lipinski definition) is 3. The second-order valence-corrected chi connectivity index (χ2v) is 5.13. The number of rotatable bonds is 4. The molecule has 8 heteroatoms. The molecule has 3 amide bonds. The molecule has 1 rings (SSSR count). The molecule has 1 atom stereocenters. The van der Waals surface area contributed by atoms with Crippen LogP contribution in [0.25, 0.3) is 0 Å². The minimum absolute atomic E-state index is 0.353. The molecule has 7 nitrogen and oxygen atoms in total. The largest absolute Gasteiger partial charge is 0.384 e. The van der Waals surface area contributed by atoms with E-state index in [9.17, 15) is 9.59 Å². The fraction of sp³-hybridized carbons (Fsp3) is 0.455. The molecule has 0 aliphatic carbocycles. The number of urea groups is 1. The van der Waals surface area contributed by atoms with Gasteiger partial charge >= 0.3 is 6.03 Å². The van der Waals surface area contributed by atoms with Crippen molar-refractivity contribution in [1.82, 2.24) is 20.6 Å². The third-order valence-electron chi connectivity index (χ3n) is 2.08. The van der Waals surface area contributed by atoms with Gasteiger partial charge in [0.2, 0.25) is 5.91 Å². The highest BCUT2D eigenvalue weighted by atomic mass is 32.2. The molecule has 0 bridgehead atoms. The van der Waals surface area contributed by atoms with Crippen molar-refractivity contribution in [3.8, 4) is 0 Å². The van der Waals surface area contributed by atoms with Crippen molar-refractivity contribution in [2.45, 2.75) is 31.2 Å². The number of nitrogens with one attached hydrogen (secondary N) is 2. The average Bonchev–Trinajstić information content (AvgIpc) is 2.27. The molecule has 19 heavy (non-hydrogen) atoms. The number of hydrogen-bond acceptors (Lipinski definition) is 6. The third-order valence-corrected chi connectivity index (χ3v) is 3.04. The zero-order valence-electron chi connectivity index (χ0n) is 11.1. The van der Waals surface area contributed by atoms with E-state index in [2.05, 4.69) is 20.6 Å². The molecule has 0 aliphatic rings. The molecular formula is C11H17N5O2S. The summed E-state index contributed by atoms with van der Waals surface area (Å²) in [6, 6.07) is 1.13. The first-order chi connectivity index (χ1) is 8.92. The number of aryl methyl sites for hydroxylation is 1. The Kier molecular flexibility index (Phi) is 5.56. The van der Waals surface area contributed by atoms with Gasteiger partial charge in [-0.05, 0) is 20.8 Å². The Morgan fingerprint density at radius 2 is 2.16 bits per heavy atom. The van der Waals surface area contributed by atoms with E-state index in [0.717, 1.165) is 17.5 Å². The van der Waals surface area contributed by atoms with Gasteiger partial charge in [-0.1, -0.05) is 11.8 Å². The number of anilines is 1. The summed E-state index contributed by atoms with van der Waals surface area (Å²) in [5.74, 6) is -0.0500. The van der Waals surface area contributed by atoms with Crippen LogP contribution in [0, 0.1) is 6.92 Å². The average molecular weight is 283 g/mol. The standard InChI is InChI=1S/C11H17N5O2S/c1-4-13-10(18)16-9(17)7(3)19-11-14-6(2)5-8(12)15-11/h5,7H,4H2,1-3H3,(H2,12,14,15)(H2,13,16,17,18). The van der Waals surface area contributed by atoms with E-state index in [1.54, 1.807) is 26.8 Å². The summed E-state index contributed by atoms with van der Waals surface area (Å²) in [5, 5.41) is 4.63. The molecule has 1 aromatic heterocycles. The Labute approximate surface area is 115 Å². The van der Waals surface area contributed by atoms with Crippen molar-refractivity contribution < 1.29 is 9.59 Å². The molecule has 1 aromatic rings. The summed E-state index contributed by atoms with van der Waals surface area (Å²) in [5.41, 5.74) is 6.33. The maximum Gasteiger partial charge on any atom is 0.321 e. The lowest BCUT2D eigenvalue weighted by Crippen LogP contribution is -2.42. The molecule has 0 spiro atoms. The molecule has 0 saturated heterocycles. The predicted octanol–water partition coefficient (Wildman–Crippen LogP) is 0.694. The highest BCUT2D eigenvalue weighted by Crippen LogP contribution is 2.20. The number of nitrogens with zero attached hydrogens (tertiary/aromatic N) is 2. The second-order valence-electron chi connectivity index (χ2n) is 3.83. The quantitative estimate of drug-likeness (QED) is 0.554. The molecule has 1 heterocycles. The van der Waals surface area contributed by atoms with Crippen LogP contribution >= 0.6 is 11.8 Å². The van der Waals surface area contributed by atoms with Crippen molar-refractivity contribution in [3.05, 3.63) is 11.8 Å². The normalized spacial score (nSPS) is 11.7. The number of aromatic nitrogens is 2. The number of thioether (sulfide) groups is 1. The number of amides is 3. The van der Waals surface area contributed by atoms with Crippen LogP contribution in [0.1, 0.15) is 19.5 Å². The lowest BCUT2D eigenvalue weighted by Gasteiger charge is -2.10. The molecule has 0 aliphatic heterocycles. The van der Waals surface area contributed by atoms with Crippen molar-refractivity contribution in [2.24, 2.45) is 0 Å². The molecular weight excluding hydrogens is 266 g/mol. The van der Waals surface area contributed by atoms with Crippen LogP contribution in [0.3, 0.4) is 0 Å². The van der Waals surface area contributed by atoms with Crippen molar-refractivity contribution >= 4 is 29.5 Å². The van der Waals surface area contributed by atoms with Crippen molar-refractivity contribution in [2.75, 3.05) is 12.3 Å². The smallest absolute Gasteiger partial charge is 0.321 e. The van der Waals surface area contributed by atoms with E-state index in [-0.39, 0.29) is 0 Å². The van der Waals surface area contributed by atoms with Crippen LogP contribution in [0.2, 0.25) is 0 Å². The number of carbonyl (C=O) groups excluding carboxylic acids is 2. The fourth-order valence-corrected chi connectivity index (χ4v) is 2.08. The summed E-state index contributed by atoms with van der Waals surface area (Å²) in [6.45, 7) is 5.69. The zero-order chi connectivity index (χ0) is 14.4. The molecule has 0 fully saturated rings. The maximum absolute atomic E-state index is 11.7. The van der Waals surface area contributed by atoms with Gasteiger partial charge in [-0.3, -0.25) is 10.1 Å². The van der Waals surface area contributed by atoms with Gasteiger partial charge in [0.15, 0.2) is 5.16 Å². The van der Waals surface area contributed by atoms with Crippen LogP contribution in [-0.4, -0.2) is 33.7 Å². The Morgan fingerprint density at radius 1 is 1.47 bits per heavy atom. The summed E-state index contributed by atoms with van der Waals surface area (Å²) in [7, 11) is 0. The second kappa shape index (κ2) is 6.93. The number of carbonyl (C=O) groups is 2.